The molecule has 0 aliphatic rings. The normalized spacial score (nSPS) is 10.8. The van der Waals surface area contributed by atoms with Gasteiger partial charge in [-0.05, 0) is 59.5 Å². The minimum absolute atomic E-state index is 0.0401. The van der Waals surface area contributed by atoms with E-state index in [9.17, 15) is 4.79 Å². The van der Waals surface area contributed by atoms with Gasteiger partial charge in [0.2, 0.25) is 0 Å². The lowest BCUT2D eigenvalue weighted by atomic mass is 10.2. The van der Waals surface area contributed by atoms with Crippen molar-refractivity contribution in [3.8, 4) is 0 Å². The van der Waals surface area contributed by atoms with Gasteiger partial charge in [0.05, 0.1) is 0 Å². The molecule has 8 heteroatoms. The molecule has 0 heterocycles. The highest BCUT2D eigenvalue weighted by atomic mass is 16.6. The van der Waals surface area contributed by atoms with Gasteiger partial charge in [0, 0.05) is 39.5 Å². The van der Waals surface area contributed by atoms with E-state index in [1.807, 2.05) is 0 Å². The average Bonchev–Trinajstić information content (AvgIpc) is 2.54. The van der Waals surface area contributed by atoms with E-state index in [0.29, 0.717) is 25.9 Å². The van der Waals surface area contributed by atoms with Crippen LogP contribution in [-0.4, -0.2) is 89.6 Å². The average molecular weight is 366 g/mol. The van der Waals surface area contributed by atoms with Gasteiger partial charge >= 0.3 is 6.09 Å². The summed E-state index contributed by atoms with van der Waals surface area (Å²) in [5, 5.41) is 37.2. The Hall–Kier alpha value is -0.930. The van der Waals surface area contributed by atoms with Crippen molar-refractivity contribution in [1.82, 2.24) is 10.2 Å². The third-order valence-corrected chi connectivity index (χ3v) is 2.85. The maximum absolute atomic E-state index is 11.7. The van der Waals surface area contributed by atoms with E-state index in [0.717, 1.165) is 25.9 Å². The first kappa shape index (κ1) is 26.3. The van der Waals surface area contributed by atoms with Crippen molar-refractivity contribution < 1.29 is 30.0 Å². The highest BCUT2D eigenvalue weighted by Gasteiger charge is 2.21. The molecular formula is C17H38N2O6. The monoisotopic (exact) mass is 366 g/mol. The van der Waals surface area contributed by atoms with Crippen LogP contribution in [0.15, 0.2) is 0 Å². The maximum atomic E-state index is 11.7. The SMILES string of the molecule is CC(C)(C)OC(=O)N(CCCO)CCCO.OCCCNCCCO. The van der Waals surface area contributed by atoms with Crippen LogP contribution in [0.5, 0.6) is 0 Å². The number of carbonyl (C=O) groups is 1. The zero-order chi connectivity index (χ0) is 19.6. The minimum atomic E-state index is -0.520. The Labute approximate surface area is 151 Å². The molecule has 0 fully saturated rings. The van der Waals surface area contributed by atoms with Gasteiger partial charge in [0.25, 0.3) is 0 Å². The number of hydrogen-bond donors (Lipinski definition) is 5. The second kappa shape index (κ2) is 17.9. The Morgan fingerprint density at radius 2 is 1.24 bits per heavy atom. The van der Waals surface area contributed by atoms with E-state index in [-0.39, 0.29) is 26.4 Å². The van der Waals surface area contributed by atoms with E-state index in [4.69, 9.17) is 25.2 Å². The van der Waals surface area contributed by atoms with E-state index < -0.39 is 11.7 Å². The minimum Gasteiger partial charge on any atom is -0.444 e. The molecule has 0 saturated carbocycles. The lowest BCUT2D eigenvalue weighted by Gasteiger charge is -2.27. The molecule has 0 spiro atoms. The molecule has 5 N–H and O–H groups in total. The van der Waals surface area contributed by atoms with Crippen LogP contribution in [-0.2, 0) is 4.74 Å². The van der Waals surface area contributed by atoms with Crippen molar-refractivity contribution in [2.75, 3.05) is 52.6 Å². The Kier molecular flexibility index (Phi) is 18.8. The highest BCUT2D eigenvalue weighted by molar-refractivity contribution is 5.68. The van der Waals surface area contributed by atoms with Gasteiger partial charge in [0.15, 0.2) is 0 Å². The molecule has 25 heavy (non-hydrogen) atoms. The van der Waals surface area contributed by atoms with Gasteiger partial charge in [-0.15, -0.1) is 0 Å². The largest absolute Gasteiger partial charge is 0.444 e. The van der Waals surface area contributed by atoms with Crippen molar-refractivity contribution in [2.45, 2.75) is 52.1 Å². The molecule has 8 nitrogen and oxygen atoms in total. The van der Waals surface area contributed by atoms with Crippen LogP contribution in [0, 0.1) is 0 Å². The standard InChI is InChI=1S/C11H23NO4.C6H15NO2/c1-11(2,3)16-10(15)12(6-4-8-13)7-5-9-14;8-5-1-3-7-4-2-6-9/h13-14H,4-9H2,1-3H3;7-9H,1-6H2. The van der Waals surface area contributed by atoms with Crippen molar-refractivity contribution in [3.05, 3.63) is 0 Å². The Bertz CT molecular complexity index is 283. The molecule has 0 aromatic rings. The number of aliphatic hydroxyl groups is 4. The first-order valence-electron chi connectivity index (χ1n) is 8.94. The molecule has 152 valence electrons. The molecule has 0 atom stereocenters. The molecule has 0 saturated heterocycles. The number of carbonyl (C=O) groups excluding carboxylic acids is 1. The summed E-state index contributed by atoms with van der Waals surface area (Å²) in [6.07, 6.45) is 2.24. The lowest BCUT2D eigenvalue weighted by Crippen LogP contribution is -2.38. The molecule has 0 rings (SSSR count). The number of nitrogens with one attached hydrogen (secondary N) is 1. The third kappa shape index (κ3) is 21.0. The second-order valence-corrected chi connectivity index (χ2v) is 6.53. The molecule has 0 aliphatic heterocycles. The summed E-state index contributed by atoms with van der Waals surface area (Å²) in [6.45, 7) is 8.57. The first-order chi connectivity index (χ1) is 11.8. The van der Waals surface area contributed by atoms with Crippen LogP contribution in [0.4, 0.5) is 4.79 Å². The van der Waals surface area contributed by atoms with E-state index in [1.165, 1.54) is 4.90 Å². The predicted molar refractivity (Wildman–Crippen MR) is 97.5 cm³/mol. The highest BCUT2D eigenvalue weighted by Crippen LogP contribution is 2.10. The number of hydrogen-bond acceptors (Lipinski definition) is 7. The van der Waals surface area contributed by atoms with Crippen molar-refractivity contribution in [3.63, 3.8) is 0 Å². The van der Waals surface area contributed by atoms with Gasteiger partial charge in [-0.1, -0.05) is 0 Å². The summed E-state index contributed by atoms with van der Waals surface area (Å²) in [6, 6.07) is 0. The molecule has 0 bridgehead atoms. The maximum Gasteiger partial charge on any atom is 0.410 e. The van der Waals surface area contributed by atoms with Gasteiger partial charge in [0.1, 0.15) is 5.60 Å². The number of nitrogens with zero attached hydrogens (tertiary/aromatic N) is 1. The summed E-state index contributed by atoms with van der Waals surface area (Å²) in [5.41, 5.74) is -0.520. The molecule has 0 aromatic carbocycles. The topological polar surface area (TPSA) is 122 Å². The van der Waals surface area contributed by atoms with Crippen molar-refractivity contribution >= 4 is 6.09 Å². The van der Waals surface area contributed by atoms with E-state index in [2.05, 4.69) is 5.32 Å². The van der Waals surface area contributed by atoms with Crippen LogP contribution in [0.3, 0.4) is 0 Å². The zero-order valence-electron chi connectivity index (χ0n) is 16.0. The summed E-state index contributed by atoms with van der Waals surface area (Å²) < 4.78 is 5.22. The summed E-state index contributed by atoms with van der Waals surface area (Å²) >= 11 is 0. The number of ether oxygens (including phenoxy) is 1. The summed E-state index contributed by atoms with van der Waals surface area (Å²) in [5.74, 6) is 0. The third-order valence-electron chi connectivity index (χ3n) is 2.85. The van der Waals surface area contributed by atoms with Crippen LogP contribution in [0.25, 0.3) is 0 Å². The van der Waals surface area contributed by atoms with Crippen molar-refractivity contribution in [1.29, 1.82) is 0 Å². The molecule has 0 aromatic heterocycles. The van der Waals surface area contributed by atoms with Crippen LogP contribution >= 0.6 is 0 Å². The van der Waals surface area contributed by atoms with Gasteiger partial charge in [-0.2, -0.15) is 0 Å². The van der Waals surface area contributed by atoms with E-state index >= 15 is 0 Å². The predicted octanol–water partition coefficient (Wildman–Crippen LogP) is 0.329. The first-order valence-corrected chi connectivity index (χ1v) is 8.94. The lowest BCUT2D eigenvalue weighted by molar-refractivity contribution is 0.0231. The Balaban J connectivity index is 0. The smallest absolute Gasteiger partial charge is 0.410 e. The number of aliphatic hydroxyl groups excluding tert-OH is 4. The van der Waals surface area contributed by atoms with E-state index in [1.54, 1.807) is 20.8 Å². The van der Waals surface area contributed by atoms with Crippen LogP contribution in [0.2, 0.25) is 0 Å². The fourth-order valence-corrected chi connectivity index (χ4v) is 1.68. The number of amides is 1. The quantitative estimate of drug-likeness (QED) is 0.315. The summed E-state index contributed by atoms with van der Waals surface area (Å²) in [4.78, 5) is 13.2. The van der Waals surface area contributed by atoms with Gasteiger partial charge < -0.3 is 35.4 Å². The fraction of sp³-hybridized carbons (Fsp3) is 0.941. The molecule has 0 unspecified atom stereocenters. The molecule has 1 amide bonds. The van der Waals surface area contributed by atoms with Crippen molar-refractivity contribution in [2.24, 2.45) is 0 Å². The fourth-order valence-electron chi connectivity index (χ4n) is 1.68. The Morgan fingerprint density at radius 3 is 1.56 bits per heavy atom. The van der Waals surface area contributed by atoms with Crippen LogP contribution < -0.4 is 5.32 Å². The second-order valence-electron chi connectivity index (χ2n) is 6.53. The Morgan fingerprint density at radius 1 is 0.840 bits per heavy atom. The molecular weight excluding hydrogens is 328 g/mol. The summed E-state index contributed by atoms with van der Waals surface area (Å²) in [7, 11) is 0. The van der Waals surface area contributed by atoms with Gasteiger partial charge in [-0.3, -0.25) is 0 Å². The number of rotatable bonds is 12. The van der Waals surface area contributed by atoms with Gasteiger partial charge in [-0.25, -0.2) is 4.79 Å². The zero-order valence-corrected chi connectivity index (χ0v) is 16.0. The molecule has 0 radical (unpaired) electrons. The molecule has 0 aliphatic carbocycles. The van der Waals surface area contributed by atoms with Crippen LogP contribution in [0.1, 0.15) is 46.5 Å².